The standard InChI is InChI=1S/C37H39ClN2O5/c1-7-28-16-22(2)34-31(37(41)42)20-27(12-8-25-11-15-32(43-5)33(19-25)44-6)39-36(34)40(28)21-26-9-13-29(14-10-26)45-30-17-23(3)35(38)24(4)18-30/h8-20,28,37,41-42H,7,21H2,1-6H3. The van der Waals surface area contributed by atoms with Crippen molar-refractivity contribution < 1.29 is 24.4 Å². The van der Waals surface area contributed by atoms with Gasteiger partial charge in [0.25, 0.3) is 0 Å². The Labute approximate surface area is 270 Å². The first-order valence-corrected chi connectivity index (χ1v) is 15.3. The average Bonchev–Trinajstić information content (AvgIpc) is 3.03. The fourth-order valence-electron chi connectivity index (χ4n) is 5.72. The number of aryl methyl sites for hydroxylation is 2. The number of ether oxygens (including phenoxy) is 3. The van der Waals surface area contributed by atoms with Crippen LogP contribution in [0.2, 0.25) is 5.02 Å². The molecule has 45 heavy (non-hydrogen) atoms. The van der Waals surface area contributed by atoms with E-state index in [-0.39, 0.29) is 6.04 Å². The second-order valence-corrected chi connectivity index (χ2v) is 11.6. The SMILES string of the molecule is CCC1C=C(C)c2c(C(O)O)cc(C=Cc3ccc(OC)c(OC)c3)nc2N1Cc1ccc(Oc2cc(C)c(Cl)c(C)c2)cc1. The molecule has 8 heteroatoms. The highest BCUT2D eigenvalue weighted by atomic mass is 35.5. The maximum Gasteiger partial charge on any atom is 0.179 e. The van der Waals surface area contributed by atoms with Crippen LogP contribution in [0, 0.1) is 13.8 Å². The lowest BCUT2D eigenvalue weighted by Gasteiger charge is -2.37. The van der Waals surface area contributed by atoms with Crippen molar-refractivity contribution in [2.24, 2.45) is 0 Å². The number of aliphatic hydroxyl groups excluding tert-OH is 1. The van der Waals surface area contributed by atoms with Gasteiger partial charge in [0.1, 0.15) is 17.3 Å². The van der Waals surface area contributed by atoms with Gasteiger partial charge in [-0.05, 0) is 104 Å². The van der Waals surface area contributed by atoms with Crippen molar-refractivity contribution in [3.63, 3.8) is 0 Å². The van der Waals surface area contributed by atoms with Crippen molar-refractivity contribution in [3.8, 4) is 23.0 Å². The number of pyridine rings is 1. The van der Waals surface area contributed by atoms with Crippen LogP contribution in [0.1, 0.15) is 65.6 Å². The van der Waals surface area contributed by atoms with Gasteiger partial charge in [0.05, 0.1) is 19.9 Å². The van der Waals surface area contributed by atoms with E-state index in [1.54, 1.807) is 20.3 Å². The van der Waals surface area contributed by atoms with Gasteiger partial charge < -0.3 is 29.3 Å². The molecule has 1 aliphatic rings. The minimum absolute atomic E-state index is 0.0784. The van der Waals surface area contributed by atoms with Crippen LogP contribution in [0.25, 0.3) is 17.7 Å². The largest absolute Gasteiger partial charge is 0.493 e. The summed E-state index contributed by atoms with van der Waals surface area (Å²) in [5, 5.41) is 21.6. The summed E-state index contributed by atoms with van der Waals surface area (Å²) in [5.41, 5.74) is 6.64. The molecule has 2 heterocycles. The molecule has 0 bridgehead atoms. The highest BCUT2D eigenvalue weighted by Crippen LogP contribution is 2.40. The second kappa shape index (κ2) is 13.8. The van der Waals surface area contributed by atoms with E-state index in [2.05, 4.69) is 17.9 Å². The molecule has 7 nitrogen and oxygen atoms in total. The van der Waals surface area contributed by atoms with Crippen LogP contribution < -0.4 is 19.1 Å². The van der Waals surface area contributed by atoms with Crippen LogP contribution in [-0.2, 0) is 6.54 Å². The molecular formula is C37H39ClN2O5. The number of hydrogen-bond donors (Lipinski definition) is 2. The molecule has 0 fully saturated rings. The lowest BCUT2D eigenvalue weighted by atomic mass is 9.92. The normalized spacial score (nSPS) is 14.5. The first-order valence-electron chi connectivity index (χ1n) is 14.9. The Morgan fingerprint density at radius 3 is 2.20 bits per heavy atom. The van der Waals surface area contributed by atoms with Crippen LogP contribution in [0.3, 0.4) is 0 Å². The molecule has 0 radical (unpaired) electrons. The molecular weight excluding hydrogens is 588 g/mol. The second-order valence-electron chi connectivity index (χ2n) is 11.2. The highest BCUT2D eigenvalue weighted by molar-refractivity contribution is 6.32. The Balaban J connectivity index is 1.46. The van der Waals surface area contributed by atoms with E-state index < -0.39 is 6.29 Å². The molecule has 0 aliphatic carbocycles. The number of fused-ring (bicyclic) bond motifs is 1. The number of methoxy groups -OCH3 is 2. The van der Waals surface area contributed by atoms with E-state index in [0.717, 1.165) is 56.3 Å². The molecule has 1 atom stereocenters. The fraction of sp³-hybridized carbons (Fsp3) is 0.270. The minimum Gasteiger partial charge on any atom is -0.493 e. The third-order valence-corrected chi connectivity index (χ3v) is 8.63. The summed E-state index contributed by atoms with van der Waals surface area (Å²) in [7, 11) is 3.20. The quantitative estimate of drug-likeness (QED) is 0.171. The van der Waals surface area contributed by atoms with Gasteiger partial charge >= 0.3 is 0 Å². The number of nitrogens with zero attached hydrogens (tertiary/aromatic N) is 2. The first-order chi connectivity index (χ1) is 21.6. The fourth-order valence-corrected chi connectivity index (χ4v) is 5.83. The third kappa shape index (κ3) is 7.01. The lowest BCUT2D eigenvalue weighted by molar-refractivity contribution is -0.0427. The van der Waals surface area contributed by atoms with E-state index in [0.29, 0.717) is 35.1 Å². The maximum atomic E-state index is 10.4. The molecule has 0 amide bonds. The summed E-state index contributed by atoms with van der Waals surface area (Å²) < 4.78 is 16.9. The van der Waals surface area contributed by atoms with Gasteiger partial charge in [0.15, 0.2) is 17.8 Å². The van der Waals surface area contributed by atoms with E-state index in [9.17, 15) is 10.2 Å². The molecule has 4 aromatic rings. The zero-order valence-corrected chi connectivity index (χ0v) is 27.2. The van der Waals surface area contributed by atoms with Crippen molar-refractivity contribution in [3.05, 3.63) is 111 Å². The van der Waals surface area contributed by atoms with Crippen LogP contribution in [0.5, 0.6) is 23.0 Å². The predicted molar refractivity (Wildman–Crippen MR) is 181 cm³/mol. The van der Waals surface area contributed by atoms with Crippen molar-refractivity contribution in [2.75, 3.05) is 19.1 Å². The van der Waals surface area contributed by atoms with Gasteiger partial charge in [-0.2, -0.15) is 0 Å². The maximum absolute atomic E-state index is 10.4. The Morgan fingerprint density at radius 2 is 1.58 bits per heavy atom. The monoisotopic (exact) mass is 626 g/mol. The summed E-state index contributed by atoms with van der Waals surface area (Å²) in [5.74, 6) is 3.45. The van der Waals surface area contributed by atoms with Crippen LogP contribution in [-0.4, -0.2) is 35.5 Å². The number of aliphatic hydroxyl groups is 2. The molecule has 1 aliphatic heterocycles. The minimum atomic E-state index is -1.66. The Kier molecular flexibility index (Phi) is 9.83. The zero-order valence-electron chi connectivity index (χ0n) is 26.5. The molecule has 5 rings (SSSR count). The Hall–Kier alpha value is -4.30. The van der Waals surface area contributed by atoms with Gasteiger partial charge in [-0.15, -0.1) is 0 Å². The van der Waals surface area contributed by atoms with Gasteiger partial charge in [-0.1, -0.05) is 48.9 Å². The lowest BCUT2D eigenvalue weighted by Crippen LogP contribution is -2.37. The number of hydrogen-bond acceptors (Lipinski definition) is 7. The summed E-state index contributed by atoms with van der Waals surface area (Å²) >= 11 is 6.33. The van der Waals surface area contributed by atoms with Crippen molar-refractivity contribution in [1.29, 1.82) is 0 Å². The molecule has 1 unspecified atom stereocenters. The Morgan fingerprint density at radius 1 is 0.889 bits per heavy atom. The molecule has 0 saturated carbocycles. The number of benzene rings is 3. The molecule has 2 N–H and O–H groups in total. The molecule has 0 saturated heterocycles. The molecule has 3 aromatic carbocycles. The predicted octanol–water partition coefficient (Wildman–Crippen LogP) is 8.52. The number of allylic oxidation sites excluding steroid dienone is 1. The van der Waals surface area contributed by atoms with Crippen molar-refractivity contribution in [1.82, 2.24) is 4.98 Å². The zero-order chi connectivity index (χ0) is 32.2. The van der Waals surface area contributed by atoms with E-state index in [1.807, 2.05) is 87.5 Å². The Bertz CT molecular complexity index is 1720. The average molecular weight is 627 g/mol. The topological polar surface area (TPSA) is 84.3 Å². The van der Waals surface area contributed by atoms with Crippen molar-refractivity contribution >= 4 is 35.1 Å². The number of aromatic nitrogens is 1. The van der Waals surface area contributed by atoms with E-state index in [4.69, 9.17) is 30.8 Å². The van der Waals surface area contributed by atoms with Crippen LogP contribution in [0.15, 0.2) is 66.7 Å². The highest BCUT2D eigenvalue weighted by Gasteiger charge is 2.29. The smallest absolute Gasteiger partial charge is 0.179 e. The third-order valence-electron chi connectivity index (χ3n) is 8.03. The van der Waals surface area contributed by atoms with E-state index in [1.165, 1.54) is 0 Å². The van der Waals surface area contributed by atoms with E-state index >= 15 is 0 Å². The van der Waals surface area contributed by atoms with Crippen molar-refractivity contribution in [2.45, 2.75) is 53.0 Å². The van der Waals surface area contributed by atoms with Crippen LogP contribution in [0.4, 0.5) is 5.82 Å². The summed E-state index contributed by atoms with van der Waals surface area (Å²) in [6.45, 7) is 8.65. The van der Waals surface area contributed by atoms with Gasteiger partial charge in [-0.3, -0.25) is 0 Å². The number of halogens is 1. The number of rotatable bonds is 10. The summed E-state index contributed by atoms with van der Waals surface area (Å²) in [4.78, 5) is 7.28. The van der Waals surface area contributed by atoms with Gasteiger partial charge in [-0.25, -0.2) is 4.98 Å². The molecule has 0 spiro atoms. The molecule has 1 aromatic heterocycles. The van der Waals surface area contributed by atoms with Gasteiger partial charge in [0.2, 0.25) is 0 Å². The summed E-state index contributed by atoms with van der Waals surface area (Å²) in [6.07, 6.45) is 5.16. The summed E-state index contributed by atoms with van der Waals surface area (Å²) in [6, 6.07) is 19.3. The van der Waals surface area contributed by atoms with Gasteiger partial charge in [0, 0.05) is 28.7 Å². The molecule has 234 valence electrons. The van der Waals surface area contributed by atoms with Crippen LogP contribution >= 0.6 is 11.6 Å². The first kappa shape index (κ1) is 32.1. The number of anilines is 1.